The third-order valence-electron chi connectivity index (χ3n) is 1.93. The number of aliphatic hydroxyl groups is 1. The topological polar surface area (TPSA) is 69.6 Å². The van der Waals surface area contributed by atoms with Crippen LogP contribution in [0.5, 0.6) is 0 Å². The van der Waals surface area contributed by atoms with Crippen molar-refractivity contribution >= 4 is 17.7 Å². The largest absolute Gasteiger partial charge is 0.480 e. The highest BCUT2D eigenvalue weighted by molar-refractivity contribution is 7.98. The van der Waals surface area contributed by atoms with Crippen LogP contribution in [-0.4, -0.2) is 47.4 Å². The molecule has 0 saturated carbocycles. The first-order valence-electron chi connectivity index (χ1n) is 4.11. The average Bonchev–Trinajstić information content (AvgIpc) is 2.05. The van der Waals surface area contributed by atoms with Crippen molar-refractivity contribution in [1.29, 1.82) is 0 Å². The van der Waals surface area contributed by atoms with Gasteiger partial charge in [0.05, 0.1) is 6.10 Å². The molecule has 0 aliphatic rings. The highest BCUT2D eigenvalue weighted by Gasteiger charge is 2.28. The van der Waals surface area contributed by atoms with Crippen LogP contribution in [0, 0.1) is 5.92 Å². The van der Waals surface area contributed by atoms with E-state index >= 15 is 0 Å². The second kappa shape index (κ2) is 6.23. The molecule has 0 spiro atoms. The lowest BCUT2D eigenvalue weighted by Gasteiger charge is -2.23. The number of carboxylic acid groups (broad SMARTS) is 1. The van der Waals surface area contributed by atoms with Gasteiger partial charge < -0.3 is 15.5 Å². The number of aliphatic hydroxyl groups excluding tert-OH is 1. The zero-order valence-electron chi connectivity index (χ0n) is 8.15. The molecule has 0 heterocycles. The summed E-state index contributed by atoms with van der Waals surface area (Å²) in [7, 11) is 1.54. The van der Waals surface area contributed by atoms with Gasteiger partial charge in [0, 0.05) is 0 Å². The minimum atomic E-state index is -1.01. The Morgan fingerprint density at radius 1 is 1.62 bits per heavy atom. The number of aliphatic carboxylic acids is 1. The number of thioether (sulfide) groups is 1. The maximum Gasteiger partial charge on any atom is 0.323 e. The summed E-state index contributed by atoms with van der Waals surface area (Å²) in [6.45, 7) is 1.84. The number of rotatable bonds is 6. The van der Waals surface area contributed by atoms with E-state index in [1.165, 1.54) is 7.05 Å². The first-order valence-corrected chi connectivity index (χ1v) is 5.51. The lowest BCUT2D eigenvalue weighted by Crippen LogP contribution is -2.47. The molecule has 3 atom stereocenters. The molecule has 2 unspecified atom stereocenters. The van der Waals surface area contributed by atoms with Gasteiger partial charge in [-0.25, -0.2) is 0 Å². The van der Waals surface area contributed by atoms with Crippen LogP contribution in [0.1, 0.15) is 6.92 Å². The lowest BCUT2D eigenvalue weighted by molar-refractivity contribution is -0.143. The number of carboxylic acids is 1. The van der Waals surface area contributed by atoms with Gasteiger partial charge in [-0.1, -0.05) is 6.92 Å². The van der Waals surface area contributed by atoms with Crippen LogP contribution in [0.3, 0.4) is 0 Å². The average molecular weight is 207 g/mol. The van der Waals surface area contributed by atoms with Gasteiger partial charge in [-0.15, -0.1) is 0 Å². The molecule has 3 N–H and O–H groups in total. The van der Waals surface area contributed by atoms with E-state index < -0.39 is 18.1 Å². The molecule has 0 fully saturated rings. The number of carbonyl (C=O) groups is 1. The third-order valence-corrected chi connectivity index (χ3v) is 2.79. The van der Waals surface area contributed by atoms with Crippen molar-refractivity contribution in [2.75, 3.05) is 19.1 Å². The smallest absolute Gasteiger partial charge is 0.323 e. The molecule has 0 amide bonds. The Bertz CT molecular complexity index is 165. The van der Waals surface area contributed by atoms with Gasteiger partial charge in [-0.2, -0.15) is 11.8 Å². The van der Waals surface area contributed by atoms with E-state index in [4.69, 9.17) is 5.11 Å². The van der Waals surface area contributed by atoms with Gasteiger partial charge in [0.1, 0.15) is 6.04 Å². The van der Waals surface area contributed by atoms with E-state index in [1.54, 1.807) is 11.8 Å². The number of hydrogen-bond donors (Lipinski definition) is 3. The molecular weight excluding hydrogens is 190 g/mol. The highest BCUT2D eigenvalue weighted by Crippen LogP contribution is 2.12. The Hall–Kier alpha value is -0.260. The molecule has 4 nitrogen and oxygen atoms in total. The second-order valence-corrected chi connectivity index (χ2v) is 3.94. The van der Waals surface area contributed by atoms with Crippen molar-refractivity contribution in [3.63, 3.8) is 0 Å². The molecule has 5 heteroatoms. The van der Waals surface area contributed by atoms with Gasteiger partial charge in [0.2, 0.25) is 0 Å². The number of likely N-dealkylation sites (N-methyl/N-ethyl adjacent to an activating group) is 1. The number of nitrogens with one attached hydrogen (secondary N) is 1. The van der Waals surface area contributed by atoms with E-state index in [2.05, 4.69) is 5.32 Å². The van der Waals surface area contributed by atoms with E-state index in [0.717, 1.165) is 5.75 Å². The van der Waals surface area contributed by atoms with Crippen LogP contribution in [0.4, 0.5) is 0 Å². The first kappa shape index (κ1) is 12.7. The monoisotopic (exact) mass is 207 g/mol. The summed E-state index contributed by atoms with van der Waals surface area (Å²) < 4.78 is 0. The van der Waals surface area contributed by atoms with Crippen molar-refractivity contribution in [3.8, 4) is 0 Å². The fraction of sp³-hybridized carbons (Fsp3) is 0.875. The summed E-state index contributed by atoms with van der Waals surface area (Å²) in [5.41, 5.74) is 0. The predicted octanol–water partition coefficient (Wildman–Crippen LogP) is 0.0190. The zero-order valence-corrected chi connectivity index (χ0v) is 8.97. The third kappa shape index (κ3) is 3.97. The molecule has 0 aliphatic carbocycles. The Morgan fingerprint density at radius 2 is 2.15 bits per heavy atom. The normalized spacial score (nSPS) is 17.8. The van der Waals surface area contributed by atoms with E-state index in [9.17, 15) is 9.90 Å². The van der Waals surface area contributed by atoms with Crippen LogP contribution in [0.25, 0.3) is 0 Å². The van der Waals surface area contributed by atoms with Gasteiger partial charge in [0.25, 0.3) is 0 Å². The predicted molar refractivity (Wildman–Crippen MR) is 54.0 cm³/mol. The van der Waals surface area contributed by atoms with E-state index in [1.807, 2.05) is 13.2 Å². The van der Waals surface area contributed by atoms with Crippen molar-refractivity contribution < 1.29 is 15.0 Å². The van der Waals surface area contributed by atoms with Crippen LogP contribution in [-0.2, 0) is 4.79 Å². The molecule has 0 radical (unpaired) electrons. The van der Waals surface area contributed by atoms with Crippen LogP contribution >= 0.6 is 11.8 Å². The Kier molecular flexibility index (Phi) is 6.11. The van der Waals surface area contributed by atoms with Crippen molar-refractivity contribution in [2.45, 2.75) is 19.1 Å². The summed E-state index contributed by atoms with van der Waals surface area (Å²) >= 11 is 1.60. The fourth-order valence-electron chi connectivity index (χ4n) is 1.13. The Morgan fingerprint density at radius 3 is 2.46 bits per heavy atom. The van der Waals surface area contributed by atoms with E-state index in [-0.39, 0.29) is 5.92 Å². The summed E-state index contributed by atoms with van der Waals surface area (Å²) in [5.74, 6) is -0.279. The summed E-state index contributed by atoms with van der Waals surface area (Å²) in [6.07, 6.45) is 1.09. The molecule has 13 heavy (non-hydrogen) atoms. The standard InChI is InChI=1S/C8H17NO3S/c1-5(4-13-3)7(10)6(9-2)8(11)12/h5-7,9-10H,4H2,1-3H3,(H,11,12)/t5?,6-,7?/m1/s1. The van der Waals surface area contributed by atoms with Crippen LogP contribution in [0.2, 0.25) is 0 Å². The first-order chi connectivity index (χ1) is 6.04. The fourth-order valence-corrected chi connectivity index (χ4v) is 1.85. The van der Waals surface area contributed by atoms with Crippen molar-refractivity contribution in [3.05, 3.63) is 0 Å². The lowest BCUT2D eigenvalue weighted by atomic mass is 10.00. The molecule has 0 aromatic heterocycles. The maximum atomic E-state index is 10.7. The minimum absolute atomic E-state index is 0.0245. The van der Waals surface area contributed by atoms with E-state index in [0.29, 0.717) is 0 Å². The Labute approximate surface area is 82.7 Å². The van der Waals surface area contributed by atoms with Gasteiger partial charge >= 0.3 is 5.97 Å². The molecule has 0 saturated heterocycles. The summed E-state index contributed by atoms with van der Waals surface area (Å²) in [5, 5.41) is 20.9. The Balaban J connectivity index is 4.18. The molecule has 0 aromatic carbocycles. The summed E-state index contributed by atoms with van der Waals surface area (Å²) in [4.78, 5) is 10.7. The molecule has 78 valence electrons. The van der Waals surface area contributed by atoms with Crippen LogP contribution < -0.4 is 5.32 Å². The molecule has 0 rings (SSSR count). The zero-order chi connectivity index (χ0) is 10.4. The van der Waals surface area contributed by atoms with Gasteiger partial charge in [0.15, 0.2) is 0 Å². The molecular formula is C8H17NO3S. The second-order valence-electron chi connectivity index (χ2n) is 3.03. The van der Waals surface area contributed by atoms with Gasteiger partial charge in [-0.05, 0) is 25.0 Å². The SMILES string of the molecule is CN[C@@H](C(=O)O)C(O)C(C)CSC. The maximum absolute atomic E-state index is 10.7. The van der Waals surface area contributed by atoms with Crippen LogP contribution in [0.15, 0.2) is 0 Å². The molecule has 0 aromatic rings. The number of hydrogen-bond acceptors (Lipinski definition) is 4. The summed E-state index contributed by atoms with van der Waals surface area (Å²) in [6, 6.07) is -0.873. The molecule has 0 bridgehead atoms. The minimum Gasteiger partial charge on any atom is -0.480 e. The van der Waals surface area contributed by atoms with Crippen molar-refractivity contribution in [1.82, 2.24) is 5.32 Å². The highest BCUT2D eigenvalue weighted by atomic mass is 32.2. The molecule has 0 aliphatic heterocycles. The van der Waals surface area contributed by atoms with Crippen molar-refractivity contribution in [2.24, 2.45) is 5.92 Å². The van der Waals surface area contributed by atoms with Gasteiger partial charge in [-0.3, -0.25) is 4.79 Å². The quantitative estimate of drug-likeness (QED) is 0.573.